The molecule has 0 unspecified atom stereocenters. The van der Waals surface area contributed by atoms with Crippen LogP contribution in [0.5, 0.6) is 0 Å². The molecule has 1 aliphatic rings. The van der Waals surface area contributed by atoms with E-state index >= 15 is 0 Å². The first-order valence-corrected chi connectivity index (χ1v) is 7.60. The maximum absolute atomic E-state index is 11.5. The fourth-order valence-electron chi connectivity index (χ4n) is 1.98. The maximum atomic E-state index is 11.5. The van der Waals surface area contributed by atoms with Gasteiger partial charge in [0.1, 0.15) is 0 Å². The second-order valence-electron chi connectivity index (χ2n) is 5.01. The van der Waals surface area contributed by atoms with Crippen LogP contribution in [-0.4, -0.2) is 34.8 Å². The van der Waals surface area contributed by atoms with Gasteiger partial charge in [-0.1, -0.05) is 6.92 Å². The Morgan fingerprint density at radius 1 is 1.53 bits per heavy atom. The molecule has 6 heteroatoms. The molecular weight excluding hydrogens is 262 g/mol. The van der Waals surface area contributed by atoms with Gasteiger partial charge in [0.05, 0.1) is 10.6 Å². The summed E-state index contributed by atoms with van der Waals surface area (Å²) in [5.74, 6) is 0. The van der Waals surface area contributed by atoms with Gasteiger partial charge in [-0.2, -0.15) is 0 Å². The molecule has 1 heterocycles. The molecular formula is C13H21N3O2S. The largest absolute Gasteiger partial charge is 0.388 e. The fourth-order valence-corrected chi connectivity index (χ4v) is 2.84. The van der Waals surface area contributed by atoms with Crippen molar-refractivity contribution in [2.24, 2.45) is 0 Å². The van der Waals surface area contributed by atoms with E-state index in [1.54, 1.807) is 11.3 Å². The van der Waals surface area contributed by atoms with Gasteiger partial charge in [-0.15, -0.1) is 11.3 Å². The second kappa shape index (κ2) is 6.34. The van der Waals surface area contributed by atoms with Gasteiger partial charge in [-0.25, -0.2) is 9.78 Å². The van der Waals surface area contributed by atoms with E-state index in [4.69, 9.17) is 0 Å². The lowest BCUT2D eigenvalue weighted by Crippen LogP contribution is -2.50. The molecule has 2 amide bonds. The lowest BCUT2D eigenvalue weighted by molar-refractivity contribution is -0.0290. The predicted molar refractivity (Wildman–Crippen MR) is 75.4 cm³/mol. The Morgan fingerprint density at radius 2 is 2.32 bits per heavy atom. The molecule has 3 N–H and O–H groups in total. The van der Waals surface area contributed by atoms with E-state index in [2.05, 4.69) is 22.5 Å². The fraction of sp³-hybridized carbons (Fsp3) is 0.692. The van der Waals surface area contributed by atoms with Crippen molar-refractivity contribution in [1.82, 2.24) is 15.6 Å². The van der Waals surface area contributed by atoms with Gasteiger partial charge >= 0.3 is 6.03 Å². The quantitative estimate of drug-likeness (QED) is 0.740. The van der Waals surface area contributed by atoms with Gasteiger partial charge in [-0.3, -0.25) is 0 Å². The number of aliphatic hydroxyl groups is 1. The van der Waals surface area contributed by atoms with Crippen LogP contribution in [-0.2, 0) is 12.8 Å². The van der Waals surface area contributed by atoms with Crippen molar-refractivity contribution in [3.8, 4) is 0 Å². The third-order valence-corrected chi connectivity index (χ3v) is 4.64. The smallest absolute Gasteiger partial charge is 0.314 e. The Balaban J connectivity index is 1.60. The van der Waals surface area contributed by atoms with Gasteiger partial charge in [0.2, 0.25) is 0 Å². The summed E-state index contributed by atoms with van der Waals surface area (Å²) in [5, 5.41) is 16.4. The number of nitrogens with one attached hydrogen (secondary N) is 2. The monoisotopic (exact) mass is 283 g/mol. The minimum absolute atomic E-state index is 0.215. The summed E-state index contributed by atoms with van der Waals surface area (Å²) in [6, 6.07) is -0.215. The Morgan fingerprint density at radius 3 is 2.89 bits per heavy atom. The first kappa shape index (κ1) is 14.3. The molecule has 106 valence electrons. The summed E-state index contributed by atoms with van der Waals surface area (Å²) >= 11 is 1.69. The van der Waals surface area contributed by atoms with E-state index in [9.17, 15) is 9.90 Å². The molecule has 1 fully saturated rings. The molecule has 2 rings (SSSR count). The zero-order chi connectivity index (χ0) is 13.7. The average molecular weight is 283 g/mol. The van der Waals surface area contributed by atoms with Gasteiger partial charge in [0.15, 0.2) is 0 Å². The van der Waals surface area contributed by atoms with Crippen LogP contribution in [0.2, 0.25) is 0 Å². The molecule has 0 aromatic carbocycles. The van der Waals surface area contributed by atoms with Crippen LogP contribution in [0.4, 0.5) is 4.79 Å². The topological polar surface area (TPSA) is 74.2 Å². The van der Waals surface area contributed by atoms with Gasteiger partial charge in [-0.05, 0) is 25.7 Å². The Labute approximate surface area is 117 Å². The number of rotatable bonds is 6. The molecule has 0 radical (unpaired) electrons. The standard InChI is InChI=1S/C13H21N3O2S/c1-2-10-8-15-11(19-10)4-7-14-12(17)16-9-13(18)5-3-6-13/h8,18H,2-7,9H2,1H3,(H2,14,16,17). The molecule has 0 bridgehead atoms. The van der Waals surface area contributed by atoms with Crippen molar-refractivity contribution in [3.63, 3.8) is 0 Å². The van der Waals surface area contributed by atoms with E-state index < -0.39 is 5.60 Å². The zero-order valence-corrected chi connectivity index (χ0v) is 12.1. The van der Waals surface area contributed by atoms with Crippen molar-refractivity contribution in [2.75, 3.05) is 13.1 Å². The SMILES string of the molecule is CCc1cnc(CCNC(=O)NCC2(O)CCC2)s1. The number of nitrogens with zero attached hydrogens (tertiary/aromatic N) is 1. The van der Waals surface area contributed by atoms with Gasteiger partial charge in [0, 0.05) is 30.6 Å². The third-order valence-electron chi connectivity index (χ3n) is 3.44. The van der Waals surface area contributed by atoms with E-state index in [0.717, 1.165) is 37.1 Å². The third kappa shape index (κ3) is 4.18. The lowest BCUT2D eigenvalue weighted by atomic mass is 9.80. The summed E-state index contributed by atoms with van der Waals surface area (Å²) in [6.07, 6.45) is 6.26. The molecule has 1 saturated carbocycles. The highest BCUT2D eigenvalue weighted by molar-refractivity contribution is 7.11. The summed E-state index contributed by atoms with van der Waals surface area (Å²) in [4.78, 5) is 17.1. The number of carbonyl (C=O) groups excluding carboxylic acids is 1. The average Bonchev–Trinajstić information content (AvgIpc) is 2.82. The molecule has 1 aliphatic carbocycles. The number of hydrogen-bond donors (Lipinski definition) is 3. The second-order valence-corrected chi connectivity index (χ2v) is 6.21. The maximum Gasteiger partial charge on any atom is 0.314 e. The molecule has 19 heavy (non-hydrogen) atoms. The molecule has 1 aromatic heterocycles. The minimum atomic E-state index is -0.664. The van der Waals surface area contributed by atoms with E-state index in [0.29, 0.717) is 13.1 Å². The highest BCUT2D eigenvalue weighted by Gasteiger charge is 2.34. The normalized spacial score (nSPS) is 16.7. The van der Waals surface area contributed by atoms with Crippen molar-refractivity contribution >= 4 is 17.4 Å². The molecule has 0 aliphatic heterocycles. The summed E-state index contributed by atoms with van der Waals surface area (Å²) in [7, 11) is 0. The van der Waals surface area contributed by atoms with Crippen LogP contribution < -0.4 is 10.6 Å². The number of amides is 2. The number of hydrogen-bond acceptors (Lipinski definition) is 4. The molecule has 1 aromatic rings. The predicted octanol–water partition coefficient (Wildman–Crippen LogP) is 1.46. The highest BCUT2D eigenvalue weighted by Crippen LogP contribution is 2.30. The number of thiazole rings is 1. The molecule has 0 saturated heterocycles. The van der Waals surface area contributed by atoms with Crippen molar-refractivity contribution in [3.05, 3.63) is 16.1 Å². The number of aromatic nitrogens is 1. The number of urea groups is 1. The number of aryl methyl sites for hydroxylation is 1. The first-order valence-electron chi connectivity index (χ1n) is 6.79. The van der Waals surface area contributed by atoms with Crippen LogP contribution >= 0.6 is 11.3 Å². The molecule has 0 atom stereocenters. The van der Waals surface area contributed by atoms with Crippen molar-refractivity contribution in [1.29, 1.82) is 0 Å². The van der Waals surface area contributed by atoms with Crippen LogP contribution in [0.3, 0.4) is 0 Å². The van der Waals surface area contributed by atoms with Crippen molar-refractivity contribution < 1.29 is 9.90 Å². The highest BCUT2D eigenvalue weighted by atomic mass is 32.1. The lowest BCUT2D eigenvalue weighted by Gasteiger charge is -2.36. The van der Waals surface area contributed by atoms with E-state index in [1.165, 1.54) is 4.88 Å². The minimum Gasteiger partial charge on any atom is -0.388 e. The number of carbonyl (C=O) groups is 1. The van der Waals surface area contributed by atoms with Gasteiger partial charge in [0.25, 0.3) is 0 Å². The van der Waals surface area contributed by atoms with Crippen LogP contribution in [0.15, 0.2) is 6.20 Å². The zero-order valence-electron chi connectivity index (χ0n) is 11.2. The van der Waals surface area contributed by atoms with E-state index in [-0.39, 0.29) is 6.03 Å². The first-order chi connectivity index (χ1) is 9.11. The summed E-state index contributed by atoms with van der Waals surface area (Å²) in [5.41, 5.74) is -0.664. The summed E-state index contributed by atoms with van der Waals surface area (Å²) < 4.78 is 0. The Hall–Kier alpha value is -1.14. The van der Waals surface area contributed by atoms with Gasteiger partial charge < -0.3 is 15.7 Å². The van der Waals surface area contributed by atoms with Crippen LogP contribution in [0.25, 0.3) is 0 Å². The summed E-state index contributed by atoms with van der Waals surface area (Å²) in [6.45, 7) is 3.02. The van der Waals surface area contributed by atoms with E-state index in [1.807, 2.05) is 6.20 Å². The molecule has 5 nitrogen and oxygen atoms in total. The Kier molecular flexibility index (Phi) is 4.76. The Bertz CT molecular complexity index is 429. The van der Waals surface area contributed by atoms with Crippen LogP contribution in [0.1, 0.15) is 36.1 Å². The molecule has 0 spiro atoms. The van der Waals surface area contributed by atoms with Crippen molar-refractivity contribution in [2.45, 2.75) is 44.6 Å². The van der Waals surface area contributed by atoms with Crippen LogP contribution in [0, 0.1) is 0 Å².